The lowest BCUT2D eigenvalue weighted by molar-refractivity contribution is 0.0629. The smallest absolute Gasteiger partial charge is 0.335 e. The van der Waals surface area contributed by atoms with Crippen molar-refractivity contribution in [2.45, 2.75) is 13.5 Å². The molecule has 8 nitrogen and oxygen atoms in total. The number of carboxylic acid groups (broad SMARTS) is 1. The van der Waals surface area contributed by atoms with Gasteiger partial charge in [-0.2, -0.15) is 0 Å². The molecule has 4 rings (SSSR count). The second kappa shape index (κ2) is 7.32. The average Bonchev–Trinajstić information content (AvgIpc) is 3.32. The molecule has 0 saturated carbocycles. The SMILES string of the molecule is Cc1ccc(C(=O)O)cc1NC(=O)c1ccc2c(c1)C(=O)N(Cc1ccco1)C2=O. The van der Waals surface area contributed by atoms with E-state index in [9.17, 15) is 19.2 Å². The van der Waals surface area contributed by atoms with E-state index in [1.54, 1.807) is 25.1 Å². The number of aromatic carboxylic acids is 1. The van der Waals surface area contributed by atoms with Crippen molar-refractivity contribution < 1.29 is 28.7 Å². The number of amides is 3. The van der Waals surface area contributed by atoms with Crippen molar-refractivity contribution in [1.29, 1.82) is 0 Å². The first-order chi connectivity index (χ1) is 14.3. The molecule has 150 valence electrons. The summed E-state index contributed by atoms with van der Waals surface area (Å²) in [6.45, 7) is 1.74. The van der Waals surface area contributed by atoms with Crippen LogP contribution in [0.15, 0.2) is 59.2 Å². The molecule has 3 aromatic rings. The number of anilines is 1. The van der Waals surface area contributed by atoms with Crippen molar-refractivity contribution >= 4 is 29.4 Å². The van der Waals surface area contributed by atoms with Crippen molar-refractivity contribution in [3.8, 4) is 0 Å². The first kappa shape index (κ1) is 19.1. The van der Waals surface area contributed by atoms with Gasteiger partial charge in [0.2, 0.25) is 0 Å². The number of nitrogens with zero attached hydrogens (tertiary/aromatic N) is 1. The summed E-state index contributed by atoms with van der Waals surface area (Å²) in [6.07, 6.45) is 1.46. The van der Waals surface area contributed by atoms with E-state index >= 15 is 0 Å². The summed E-state index contributed by atoms with van der Waals surface area (Å²) in [4.78, 5) is 50.2. The van der Waals surface area contributed by atoms with Crippen LogP contribution in [0.25, 0.3) is 0 Å². The Morgan fingerprint density at radius 2 is 1.73 bits per heavy atom. The normalized spacial score (nSPS) is 12.8. The van der Waals surface area contributed by atoms with Gasteiger partial charge in [-0.3, -0.25) is 19.3 Å². The molecule has 0 spiro atoms. The summed E-state index contributed by atoms with van der Waals surface area (Å²) in [6, 6.07) is 12.0. The number of furan rings is 1. The highest BCUT2D eigenvalue weighted by Crippen LogP contribution is 2.26. The quantitative estimate of drug-likeness (QED) is 0.630. The fourth-order valence-electron chi connectivity index (χ4n) is 3.22. The highest BCUT2D eigenvalue weighted by atomic mass is 16.4. The van der Waals surface area contributed by atoms with E-state index in [4.69, 9.17) is 9.52 Å². The summed E-state index contributed by atoms with van der Waals surface area (Å²) in [7, 11) is 0. The predicted octanol–water partition coefficient (Wildman–Crippen LogP) is 3.33. The largest absolute Gasteiger partial charge is 0.478 e. The van der Waals surface area contributed by atoms with Crippen molar-refractivity contribution in [1.82, 2.24) is 4.90 Å². The van der Waals surface area contributed by atoms with Crippen LogP contribution in [-0.4, -0.2) is 33.7 Å². The van der Waals surface area contributed by atoms with Crippen molar-refractivity contribution in [3.63, 3.8) is 0 Å². The minimum Gasteiger partial charge on any atom is -0.478 e. The monoisotopic (exact) mass is 404 g/mol. The van der Waals surface area contributed by atoms with Crippen molar-refractivity contribution in [2.24, 2.45) is 0 Å². The van der Waals surface area contributed by atoms with Crippen LogP contribution in [0.3, 0.4) is 0 Å². The maximum atomic E-state index is 12.7. The van der Waals surface area contributed by atoms with Gasteiger partial charge in [-0.25, -0.2) is 4.79 Å². The number of aryl methyl sites for hydroxylation is 1. The van der Waals surface area contributed by atoms with E-state index in [-0.39, 0.29) is 28.8 Å². The zero-order valence-corrected chi connectivity index (χ0v) is 15.8. The zero-order chi connectivity index (χ0) is 21.4. The third-order valence-corrected chi connectivity index (χ3v) is 4.86. The molecule has 2 N–H and O–H groups in total. The van der Waals surface area contributed by atoms with Gasteiger partial charge in [0.1, 0.15) is 5.76 Å². The fraction of sp³-hybridized carbons (Fsp3) is 0.0909. The standard InChI is InChI=1S/C22H16N2O6/c1-12-4-5-14(22(28)29)10-18(12)23-19(25)13-6-7-16-17(9-13)21(27)24(20(16)26)11-15-3-2-8-30-15/h2-10H,11H2,1H3,(H,23,25)(H,28,29). The molecule has 0 bridgehead atoms. The van der Waals surface area contributed by atoms with Gasteiger partial charge in [-0.15, -0.1) is 0 Å². The highest BCUT2D eigenvalue weighted by Gasteiger charge is 2.36. The van der Waals surface area contributed by atoms with E-state index in [2.05, 4.69) is 5.32 Å². The Bertz CT molecular complexity index is 1200. The van der Waals surface area contributed by atoms with Crippen LogP contribution in [0.2, 0.25) is 0 Å². The lowest BCUT2D eigenvalue weighted by Crippen LogP contribution is -2.28. The summed E-state index contributed by atoms with van der Waals surface area (Å²) in [5, 5.41) is 11.8. The topological polar surface area (TPSA) is 117 Å². The van der Waals surface area contributed by atoms with Gasteiger partial charge in [0.15, 0.2) is 0 Å². The van der Waals surface area contributed by atoms with Gasteiger partial charge in [0.25, 0.3) is 17.7 Å². The molecule has 3 amide bonds. The molecule has 0 saturated heterocycles. The summed E-state index contributed by atoms with van der Waals surface area (Å²) >= 11 is 0. The Hall–Kier alpha value is -4.20. The number of nitrogens with one attached hydrogen (secondary N) is 1. The maximum absolute atomic E-state index is 12.7. The highest BCUT2D eigenvalue weighted by molar-refractivity contribution is 6.22. The molecule has 0 aliphatic carbocycles. The van der Waals surface area contributed by atoms with E-state index in [0.29, 0.717) is 17.0 Å². The molecular formula is C22H16N2O6. The van der Waals surface area contributed by atoms with Gasteiger partial charge < -0.3 is 14.8 Å². The van der Waals surface area contributed by atoms with E-state index in [1.807, 2.05) is 0 Å². The number of hydrogen-bond donors (Lipinski definition) is 2. The number of carbonyl (C=O) groups excluding carboxylic acids is 3. The summed E-state index contributed by atoms with van der Waals surface area (Å²) < 4.78 is 5.20. The Balaban J connectivity index is 1.58. The molecule has 0 radical (unpaired) electrons. The Morgan fingerprint density at radius 3 is 2.43 bits per heavy atom. The molecule has 8 heteroatoms. The number of hydrogen-bond acceptors (Lipinski definition) is 5. The number of imide groups is 1. The lowest BCUT2D eigenvalue weighted by Gasteiger charge is -2.11. The minimum absolute atomic E-state index is 0.00204. The molecule has 2 heterocycles. The third kappa shape index (κ3) is 3.35. The van der Waals surface area contributed by atoms with Crippen molar-refractivity contribution in [2.75, 3.05) is 5.32 Å². The number of carboxylic acids is 1. The second-order valence-corrected chi connectivity index (χ2v) is 6.83. The van der Waals surface area contributed by atoms with Crippen LogP contribution >= 0.6 is 0 Å². The Kier molecular flexibility index (Phi) is 4.67. The van der Waals surface area contributed by atoms with Crippen LogP contribution < -0.4 is 5.32 Å². The number of rotatable bonds is 5. The number of benzene rings is 2. The molecule has 2 aromatic carbocycles. The first-order valence-electron chi connectivity index (χ1n) is 9.03. The zero-order valence-electron chi connectivity index (χ0n) is 15.8. The lowest BCUT2D eigenvalue weighted by atomic mass is 10.0. The fourth-order valence-corrected chi connectivity index (χ4v) is 3.22. The minimum atomic E-state index is -1.11. The van der Waals surface area contributed by atoms with Crippen LogP contribution in [0.1, 0.15) is 52.8 Å². The van der Waals surface area contributed by atoms with Crippen LogP contribution in [0, 0.1) is 6.92 Å². The Morgan fingerprint density at radius 1 is 1.00 bits per heavy atom. The number of carbonyl (C=O) groups is 4. The van der Waals surface area contributed by atoms with Gasteiger partial charge in [-0.1, -0.05) is 6.07 Å². The molecule has 1 aromatic heterocycles. The molecule has 30 heavy (non-hydrogen) atoms. The molecule has 1 aliphatic heterocycles. The van der Waals surface area contributed by atoms with Crippen LogP contribution in [0.4, 0.5) is 5.69 Å². The van der Waals surface area contributed by atoms with E-state index in [0.717, 1.165) is 4.90 Å². The molecule has 1 aliphatic rings. The maximum Gasteiger partial charge on any atom is 0.335 e. The number of fused-ring (bicyclic) bond motifs is 1. The molecular weight excluding hydrogens is 388 g/mol. The second-order valence-electron chi connectivity index (χ2n) is 6.83. The molecule has 0 unspecified atom stereocenters. The van der Waals surface area contributed by atoms with Gasteiger partial charge in [0.05, 0.1) is 29.5 Å². The Labute approximate surface area is 170 Å². The van der Waals surface area contributed by atoms with E-state index < -0.39 is 23.7 Å². The summed E-state index contributed by atoms with van der Waals surface area (Å²) in [5.74, 6) is -2.12. The molecule has 0 atom stereocenters. The van der Waals surface area contributed by atoms with Crippen molar-refractivity contribution in [3.05, 3.63) is 88.4 Å². The summed E-state index contributed by atoms with van der Waals surface area (Å²) in [5.41, 5.74) is 1.60. The average molecular weight is 404 g/mol. The third-order valence-electron chi connectivity index (χ3n) is 4.86. The predicted molar refractivity (Wildman–Crippen MR) is 105 cm³/mol. The van der Waals surface area contributed by atoms with Gasteiger partial charge >= 0.3 is 5.97 Å². The van der Waals surface area contributed by atoms with Crippen LogP contribution in [-0.2, 0) is 6.54 Å². The first-order valence-corrected chi connectivity index (χ1v) is 9.03. The van der Waals surface area contributed by atoms with E-state index in [1.165, 1.54) is 36.6 Å². The van der Waals surface area contributed by atoms with Crippen LogP contribution in [0.5, 0.6) is 0 Å². The van der Waals surface area contributed by atoms with Gasteiger partial charge in [0, 0.05) is 11.3 Å². The molecule has 0 fully saturated rings. The van der Waals surface area contributed by atoms with Gasteiger partial charge in [-0.05, 0) is 55.0 Å².